The topological polar surface area (TPSA) is 17.1 Å². The summed E-state index contributed by atoms with van der Waals surface area (Å²) in [6, 6.07) is -0.239. The molecule has 0 atom stereocenters. The monoisotopic (exact) mass is 294 g/mol. The Hall–Kier alpha value is -1.31. The van der Waals surface area contributed by atoms with E-state index in [1.165, 1.54) is 0 Å². The molecule has 0 bridgehead atoms. The molecule has 0 aromatic heterocycles. The van der Waals surface area contributed by atoms with Gasteiger partial charge in [0.15, 0.2) is 0 Å². The average molecular weight is 295 g/mol. The summed E-state index contributed by atoms with van der Waals surface area (Å²) in [5, 5.41) is -1.00. The fraction of sp³-hybridized carbons (Fsp3) is 0.222. The molecule has 100 valence electrons. The summed E-state index contributed by atoms with van der Waals surface area (Å²) in [7, 11) is 0. The molecule has 1 nitrogen and oxygen atoms in total. The highest BCUT2D eigenvalue weighted by atomic mass is 35.5. The van der Waals surface area contributed by atoms with Crippen LogP contribution in [0.3, 0.4) is 0 Å². The van der Waals surface area contributed by atoms with E-state index in [0.717, 1.165) is 0 Å². The van der Waals surface area contributed by atoms with Crippen LogP contribution in [0.15, 0.2) is 12.1 Å². The van der Waals surface area contributed by atoms with E-state index in [2.05, 4.69) is 0 Å². The fourth-order valence-electron chi connectivity index (χ4n) is 1.12. The molecule has 1 rings (SSSR count). The van der Waals surface area contributed by atoms with Gasteiger partial charge in [0.05, 0.1) is 10.6 Å². The molecule has 0 aliphatic carbocycles. The maximum absolute atomic E-state index is 12.8. The van der Waals surface area contributed by atoms with Crippen molar-refractivity contribution in [3.63, 3.8) is 0 Å². The van der Waals surface area contributed by atoms with Gasteiger partial charge in [0.2, 0.25) is 0 Å². The van der Waals surface area contributed by atoms with Gasteiger partial charge in [-0.3, -0.25) is 4.79 Å². The third-order valence-corrected chi connectivity index (χ3v) is 2.16. The Kier molecular flexibility index (Phi) is 3.62. The molecule has 0 amide bonds. The Morgan fingerprint density at radius 2 is 1.56 bits per heavy atom. The zero-order chi connectivity index (χ0) is 14.3. The van der Waals surface area contributed by atoms with Gasteiger partial charge in [-0.2, -0.15) is 26.3 Å². The number of halogens is 8. The van der Waals surface area contributed by atoms with Crippen LogP contribution >= 0.6 is 11.6 Å². The van der Waals surface area contributed by atoms with Crippen molar-refractivity contribution in [2.75, 3.05) is 0 Å². The lowest BCUT2D eigenvalue weighted by molar-refractivity contribution is -0.138. The fourth-order valence-corrected chi connectivity index (χ4v) is 1.29. The number of carbonyl (C=O) groups is 1. The van der Waals surface area contributed by atoms with Crippen molar-refractivity contribution in [3.8, 4) is 0 Å². The Bertz CT molecular complexity index is 489. The largest absolute Gasteiger partial charge is 0.454 e. The smallest absolute Gasteiger partial charge is 0.284 e. The average Bonchev–Trinajstić information content (AvgIpc) is 2.17. The highest BCUT2D eigenvalue weighted by Crippen LogP contribution is 2.37. The van der Waals surface area contributed by atoms with Crippen molar-refractivity contribution in [1.82, 2.24) is 0 Å². The highest BCUT2D eigenvalue weighted by Gasteiger charge is 2.45. The summed E-state index contributed by atoms with van der Waals surface area (Å²) in [5.41, 5.74) is -3.76. The van der Waals surface area contributed by atoms with Crippen molar-refractivity contribution in [2.24, 2.45) is 0 Å². The van der Waals surface area contributed by atoms with Gasteiger partial charge >= 0.3 is 12.4 Å². The maximum atomic E-state index is 12.8. The van der Waals surface area contributed by atoms with Crippen LogP contribution in [-0.2, 0) is 6.18 Å². The van der Waals surface area contributed by atoms with Crippen LogP contribution < -0.4 is 0 Å². The first-order valence-corrected chi connectivity index (χ1v) is 4.50. The van der Waals surface area contributed by atoms with E-state index in [1.807, 2.05) is 0 Å². The second-order valence-corrected chi connectivity index (χ2v) is 3.54. The van der Waals surface area contributed by atoms with Crippen LogP contribution in [0.4, 0.5) is 30.7 Å². The molecule has 0 radical (unpaired) electrons. The molecule has 0 N–H and O–H groups in total. The van der Waals surface area contributed by atoms with Crippen molar-refractivity contribution in [1.29, 1.82) is 0 Å². The summed E-state index contributed by atoms with van der Waals surface area (Å²) in [6.07, 6.45) is -10.8. The number of hydrogen-bond donors (Lipinski definition) is 0. The number of rotatable bonds is 1. The van der Waals surface area contributed by atoms with E-state index in [-0.39, 0.29) is 12.1 Å². The molecule has 0 fully saturated rings. The van der Waals surface area contributed by atoms with Gasteiger partial charge in [-0.05, 0) is 12.1 Å². The second kappa shape index (κ2) is 4.42. The summed E-state index contributed by atoms with van der Waals surface area (Å²) >= 11 is 5.07. The van der Waals surface area contributed by atoms with Crippen LogP contribution in [0.25, 0.3) is 0 Å². The van der Waals surface area contributed by atoms with Gasteiger partial charge in [-0.25, -0.2) is 4.39 Å². The van der Waals surface area contributed by atoms with Crippen LogP contribution in [-0.4, -0.2) is 12.0 Å². The molecule has 0 saturated carbocycles. The third-order valence-electron chi connectivity index (χ3n) is 1.87. The van der Waals surface area contributed by atoms with Gasteiger partial charge in [-0.1, -0.05) is 11.6 Å². The molecular formula is C9H2ClF7O. The zero-order valence-electron chi connectivity index (χ0n) is 8.09. The molecular weight excluding hydrogens is 293 g/mol. The number of benzene rings is 1. The first kappa shape index (κ1) is 14.7. The van der Waals surface area contributed by atoms with E-state index < -0.39 is 40.1 Å². The Balaban J connectivity index is 3.52. The van der Waals surface area contributed by atoms with Crippen molar-refractivity contribution in [3.05, 3.63) is 34.1 Å². The Morgan fingerprint density at radius 3 is 1.94 bits per heavy atom. The van der Waals surface area contributed by atoms with E-state index in [9.17, 15) is 35.5 Å². The van der Waals surface area contributed by atoms with E-state index in [0.29, 0.717) is 0 Å². The SMILES string of the molecule is O=C(c1cc(Cl)c(F)cc1C(F)(F)F)C(F)(F)F. The first-order chi connectivity index (χ1) is 7.94. The van der Waals surface area contributed by atoms with Crippen molar-refractivity contribution < 1.29 is 35.5 Å². The number of Topliss-reactive ketones (excluding diaryl/α,β-unsaturated/α-hetero) is 1. The summed E-state index contributed by atoms with van der Waals surface area (Å²) < 4.78 is 86.2. The highest BCUT2D eigenvalue weighted by molar-refractivity contribution is 6.31. The lowest BCUT2D eigenvalue weighted by Gasteiger charge is -2.14. The normalized spacial score (nSPS) is 12.7. The summed E-state index contributed by atoms with van der Waals surface area (Å²) in [4.78, 5) is 10.8. The first-order valence-electron chi connectivity index (χ1n) is 4.12. The van der Waals surface area contributed by atoms with Gasteiger partial charge in [0.25, 0.3) is 5.78 Å². The van der Waals surface area contributed by atoms with Crippen LogP contribution in [0.5, 0.6) is 0 Å². The van der Waals surface area contributed by atoms with E-state index >= 15 is 0 Å². The number of ketones is 1. The lowest BCUT2D eigenvalue weighted by Crippen LogP contribution is -2.26. The van der Waals surface area contributed by atoms with Crippen molar-refractivity contribution >= 4 is 17.4 Å². The van der Waals surface area contributed by atoms with Crippen LogP contribution in [0, 0.1) is 5.82 Å². The number of carbonyl (C=O) groups excluding carboxylic acids is 1. The molecule has 0 aliphatic rings. The second-order valence-electron chi connectivity index (χ2n) is 3.14. The number of hydrogen-bond acceptors (Lipinski definition) is 1. The maximum Gasteiger partial charge on any atom is 0.454 e. The molecule has 9 heteroatoms. The minimum atomic E-state index is -5.51. The van der Waals surface area contributed by atoms with E-state index in [1.54, 1.807) is 0 Å². The van der Waals surface area contributed by atoms with Gasteiger partial charge in [0, 0.05) is 5.56 Å². The molecule has 18 heavy (non-hydrogen) atoms. The molecule has 0 spiro atoms. The molecule has 1 aromatic carbocycles. The summed E-state index contributed by atoms with van der Waals surface area (Å²) in [5.74, 6) is -4.31. The standard InChI is InChI=1S/C9H2ClF7O/c10-5-1-3(7(18)9(15,16)17)4(2-6(5)11)8(12,13)14/h1-2H. The van der Waals surface area contributed by atoms with Crippen LogP contribution in [0.2, 0.25) is 5.02 Å². The van der Waals surface area contributed by atoms with Gasteiger partial charge < -0.3 is 0 Å². The zero-order valence-corrected chi connectivity index (χ0v) is 8.84. The molecule has 0 unspecified atom stereocenters. The van der Waals surface area contributed by atoms with Crippen molar-refractivity contribution in [2.45, 2.75) is 12.4 Å². The predicted octanol–water partition coefficient (Wildman–Crippen LogP) is 4.24. The molecule has 0 heterocycles. The Morgan fingerprint density at radius 1 is 1.06 bits per heavy atom. The predicted molar refractivity (Wildman–Crippen MR) is 46.8 cm³/mol. The van der Waals surface area contributed by atoms with E-state index in [4.69, 9.17) is 11.6 Å². The number of alkyl halides is 6. The summed E-state index contributed by atoms with van der Waals surface area (Å²) in [6.45, 7) is 0. The Labute approximate surface area is 100 Å². The quantitative estimate of drug-likeness (QED) is 0.559. The molecule has 1 aromatic rings. The lowest BCUT2D eigenvalue weighted by atomic mass is 10.0. The minimum Gasteiger partial charge on any atom is -0.284 e. The molecule has 0 aliphatic heterocycles. The molecule has 0 saturated heterocycles. The van der Waals surface area contributed by atoms with Gasteiger partial charge in [0.1, 0.15) is 5.82 Å². The third kappa shape index (κ3) is 2.92. The minimum absolute atomic E-state index is 0.00946. The van der Waals surface area contributed by atoms with Gasteiger partial charge in [-0.15, -0.1) is 0 Å². The van der Waals surface area contributed by atoms with Crippen LogP contribution in [0.1, 0.15) is 15.9 Å².